The van der Waals surface area contributed by atoms with Gasteiger partial charge >= 0.3 is 11.9 Å². The second kappa shape index (κ2) is 41.1. The van der Waals surface area contributed by atoms with Crippen molar-refractivity contribution in [2.45, 2.75) is 198 Å². The van der Waals surface area contributed by atoms with Gasteiger partial charge in [-0.2, -0.15) is 11.8 Å². The number of carbonyl (C=O) groups excluding carboxylic acids is 12. The lowest BCUT2D eigenvalue weighted by molar-refractivity contribution is -0.143. The molecule has 0 unspecified atom stereocenters. The highest BCUT2D eigenvalue weighted by molar-refractivity contribution is 7.98. The fourth-order valence-corrected chi connectivity index (χ4v) is 12.0. The first kappa shape index (κ1) is 82.7. The van der Waals surface area contributed by atoms with Gasteiger partial charge in [0, 0.05) is 68.1 Å². The van der Waals surface area contributed by atoms with Gasteiger partial charge in [-0.3, -0.25) is 62.3 Å². The third kappa shape index (κ3) is 25.6. The largest absolute Gasteiger partial charge is 0.481 e. The highest BCUT2D eigenvalue weighted by atomic mass is 32.2. The number of amides is 12. The van der Waals surface area contributed by atoms with Crippen molar-refractivity contribution in [2.24, 2.45) is 23.3 Å². The maximum atomic E-state index is 15.1. The van der Waals surface area contributed by atoms with Crippen LogP contribution in [0.2, 0.25) is 0 Å². The molecule has 1 aliphatic heterocycles. The molecule has 33 nitrogen and oxygen atoms in total. The molecule has 0 saturated carbocycles. The van der Waals surface area contributed by atoms with Gasteiger partial charge in [-0.15, -0.1) is 0 Å². The average Bonchev–Trinajstić information content (AvgIpc) is 1.55. The Bertz CT molecular complexity index is 3540. The third-order valence-electron chi connectivity index (χ3n) is 17.4. The molecule has 13 atom stereocenters. The number of hydrogen-bond acceptors (Lipinski definition) is 18. The number of aliphatic carboxylic acids is 2. The molecule has 2 aromatic heterocycles. The number of hydrogen-bond donors (Lipinski definition) is 17. The number of likely N-dealkylation sites (tertiary alicyclic amines) is 1. The van der Waals surface area contributed by atoms with Crippen molar-refractivity contribution < 1.29 is 82.4 Å². The molecule has 0 spiro atoms. The van der Waals surface area contributed by atoms with E-state index in [0.717, 1.165) is 6.92 Å². The number of aliphatic hydroxyl groups is 1. The molecule has 1 fully saturated rings. The van der Waals surface area contributed by atoms with E-state index >= 15 is 4.79 Å². The van der Waals surface area contributed by atoms with Crippen LogP contribution in [0.5, 0.6) is 0 Å². The summed E-state index contributed by atoms with van der Waals surface area (Å²) in [6.07, 6.45) is 3.75. The van der Waals surface area contributed by atoms with E-state index in [1.165, 1.54) is 50.0 Å². The van der Waals surface area contributed by atoms with Crippen LogP contribution in [0, 0.1) is 11.8 Å². The third-order valence-corrected chi connectivity index (χ3v) is 18.0. The number of aromatic amines is 2. The van der Waals surface area contributed by atoms with Crippen molar-refractivity contribution in [1.29, 1.82) is 0 Å². The summed E-state index contributed by atoms with van der Waals surface area (Å²) >= 11 is 1.37. The molecule has 1 saturated heterocycles. The Balaban J connectivity index is 1.39. The zero-order valence-corrected chi connectivity index (χ0v) is 59.2. The molecule has 19 N–H and O–H groups in total. The SMILES string of the molecule is CC[C@H](C)[C@H](NC(=O)[C@@H](NC(=O)[C@@H](NC(=O)[C@H](CC(=O)O)NC(=O)[C@H](CCSC)NC(C)=O)C(C)C)[C@@H](C)O)C(=O)N[C@@H](CCC(N)=O)C(=O)N[C@@H](Cc1cnc[nH]1)C(=O)N1CCC[C@H]1C(=O)N[C@@H](Cc1c[nH]c2ccccc12)C(=O)N[C@@H](Cc1ccccc1)C(=O)N[C@@H](CCCCN)C(=O)O. The van der Waals surface area contributed by atoms with Crippen LogP contribution in [0.4, 0.5) is 0 Å². The zero-order valence-electron chi connectivity index (χ0n) is 58.3. The zero-order chi connectivity index (χ0) is 75.3. The van der Waals surface area contributed by atoms with Crippen LogP contribution in [0.25, 0.3) is 10.9 Å². The minimum Gasteiger partial charge on any atom is -0.481 e. The minimum absolute atomic E-state index is 0.0200. The van der Waals surface area contributed by atoms with Crippen LogP contribution < -0.4 is 64.6 Å². The van der Waals surface area contributed by atoms with Gasteiger partial charge in [0.15, 0.2) is 0 Å². The number of para-hydroxylation sites is 1. The summed E-state index contributed by atoms with van der Waals surface area (Å²) in [6.45, 7) is 8.87. The Hall–Kier alpha value is -9.96. The van der Waals surface area contributed by atoms with Crippen molar-refractivity contribution in [1.82, 2.24) is 73.0 Å². The van der Waals surface area contributed by atoms with Crippen molar-refractivity contribution >= 4 is 105 Å². The van der Waals surface area contributed by atoms with Gasteiger partial charge in [0.2, 0.25) is 70.9 Å². The number of carbonyl (C=O) groups is 14. The molecule has 34 heteroatoms. The Morgan fingerprint density at radius 2 is 1.20 bits per heavy atom. The van der Waals surface area contributed by atoms with E-state index in [4.69, 9.17) is 11.5 Å². The molecule has 4 aromatic rings. The number of nitrogens with one attached hydrogen (secondary N) is 12. The lowest BCUT2D eigenvalue weighted by Crippen LogP contribution is -2.63. The highest BCUT2D eigenvalue weighted by Crippen LogP contribution is 2.24. The van der Waals surface area contributed by atoms with Gasteiger partial charge in [-0.1, -0.05) is 82.6 Å². The number of aliphatic hydroxyl groups excluding tert-OH is 1. The van der Waals surface area contributed by atoms with E-state index in [2.05, 4.69) is 68.1 Å². The number of aromatic nitrogens is 3. The Labute approximate surface area is 594 Å². The lowest BCUT2D eigenvalue weighted by Gasteiger charge is -2.32. The quantitative estimate of drug-likeness (QED) is 0.0226. The Kier molecular flexibility index (Phi) is 33.3. The van der Waals surface area contributed by atoms with Crippen molar-refractivity contribution in [2.75, 3.05) is 25.1 Å². The van der Waals surface area contributed by atoms with Crippen LogP contribution >= 0.6 is 11.8 Å². The number of benzene rings is 2. The summed E-state index contributed by atoms with van der Waals surface area (Å²) in [7, 11) is 0. The van der Waals surface area contributed by atoms with Crippen molar-refractivity contribution in [3.8, 4) is 0 Å². The van der Waals surface area contributed by atoms with Gasteiger partial charge in [0.1, 0.15) is 66.5 Å². The van der Waals surface area contributed by atoms with Crippen LogP contribution in [0.1, 0.15) is 123 Å². The average molecular weight is 1440 g/mol. The predicted molar refractivity (Wildman–Crippen MR) is 374 cm³/mol. The molecule has 102 heavy (non-hydrogen) atoms. The fourth-order valence-electron chi connectivity index (χ4n) is 11.5. The molecule has 0 aliphatic carbocycles. The van der Waals surface area contributed by atoms with E-state index in [1.807, 2.05) is 12.1 Å². The van der Waals surface area contributed by atoms with Crippen LogP contribution in [0.3, 0.4) is 0 Å². The van der Waals surface area contributed by atoms with Gasteiger partial charge in [-0.25, -0.2) is 9.78 Å². The standard InChI is InChI=1S/C68H98N16O17S/c1-8-37(4)56(82-66(98)57(38(5)85)83-64(96)55(36(2)3)81-62(94)50(32-54(88)89)78-59(91)46(25-28-102-7)74-39(6)86)65(97)75-45(23-24-53(70)87)58(90)80-51(31-42-34-71-35-73-42)67(99)84-27-16-22-52(84)63(95)79-49(30-41-33-72-44-20-13-12-19-43(41)44)61(93)77-48(29-40-17-10-9-11-18-40)60(92)76-47(68(100)101)21-14-15-26-69/h9-13,17-20,33-38,45-52,55-57,72,85H,8,14-16,21-32,69H2,1-7H3,(H2,70,87)(H,71,73)(H,74,86)(H,75,97)(H,76,92)(H,77,93)(H,78,91)(H,79,95)(H,80,90)(H,81,94)(H,82,98)(H,83,96)(H,88,89)(H,100,101)/t37-,38+,45-,46-,47-,48-,49-,50-,51-,52-,55-,56-,57-/m0/s1. The normalized spacial score (nSPS) is 16.3. The predicted octanol–water partition coefficient (Wildman–Crippen LogP) is -1.43. The van der Waals surface area contributed by atoms with E-state index in [0.29, 0.717) is 52.9 Å². The second-order valence-corrected chi connectivity index (χ2v) is 26.7. The summed E-state index contributed by atoms with van der Waals surface area (Å²) in [5, 5.41) is 57.1. The van der Waals surface area contributed by atoms with E-state index in [1.54, 1.807) is 68.8 Å². The smallest absolute Gasteiger partial charge is 0.326 e. The molecular formula is C68H98N16O17S. The topological polar surface area (TPSA) is 520 Å². The van der Waals surface area contributed by atoms with Crippen LogP contribution in [-0.4, -0.2) is 216 Å². The maximum absolute atomic E-state index is 15.1. The molecule has 0 bridgehead atoms. The number of carboxylic acids is 2. The van der Waals surface area contributed by atoms with Crippen molar-refractivity contribution in [3.05, 3.63) is 90.1 Å². The number of nitrogens with two attached hydrogens (primary N) is 2. The molecule has 3 heterocycles. The number of H-pyrrole nitrogens is 2. The molecule has 5 rings (SSSR count). The summed E-state index contributed by atoms with van der Waals surface area (Å²) in [4.78, 5) is 204. The number of imidazole rings is 1. The molecule has 0 radical (unpaired) electrons. The summed E-state index contributed by atoms with van der Waals surface area (Å²) < 4.78 is 0. The number of fused-ring (bicyclic) bond motifs is 1. The maximum Gasteiger partial charge on any atom is 0.326 e. The number of carboxylic acid groups (broad SMARTS) is 2. The van der Waals surface area contributed by atoms with E-state index in [-0.39, 0.29) is 57.9 Å². The first-order chi connectivity index (χ1) is 48.5. The number of rotatable bonds is 43. The molecular weight excluding hydrogens is 1340 g/mol. The van der Waals surface area contributed by atoms with Gasteiger partial charge in [0.05, 0.1) is 18.9 Å². The van der Waals surface area contributed by atoms with E-state index < -0.39 is 186 Å². The number of unbranched alkanes of at least 4 members (excludes halogenated alkanes) is 1. The monoisotopic (exact) mass is 1440 g/mol. The lowest BCUT2D eigenvalue weighted by atomic mass is 9.96. The van der Waals surface area contributed by atoms with Gasteiger partial charge in [-0.05, 0) is 99.5 Å². The molecule has 2 aromatic carbocycles. The number of nitrogens with zero attached hydrogens (tertiary/aromatic N) is 2. The van der Waals surface area contributed by atoms with Crippen LogP contribution in [0.15, 0.2) is 73.3 Å². The first-order valence-electron chi connectivity index (χ1n) is 33.9. The fraction of sp³-hybridized carbons (Fsp3) is 0.544. The summed E-state index contributed by atoms with van der Waals surface area (Å²) in [5.74, 6) is -14.7. The number of thioether (sulfide) groups is 1. The molecule has 1 aliphatic rings. The van der Waals surface area contributed by atoms with Gasteiger partial charge in [0.25, 0.3) is 0 Å². The highest BCUT2D eigenvalue weighted by Gasteiger charge is 2.42. The molecule has 12 amide bonds. The van der Waals surface area contributed by atoms with E-state index in [9.17, 15) is 77.6 Å². The van der Waals surface area contributed by atoms with Crippen molar-refractivity contribution in [3.63, 3.8) is 0 Å². The summed E-state index contributed by atoms with van der Waals surface area (Å²) in [6, 6.07) is -0.437. The molecule has 558 valence electrons. The second-order valence-electron chi connectivity index (χ2n) is 25.7. The first-order valence-corrected chi connectivity index (χ1v) is 35.3. The number of primary amides is 1. The Morgan fingerprint density at radius 1 is 0.627 bits per heavy atom. The minimum atomic E-state index is -1.84. The van der Waals surface area contributed by atoms with Crippen LogP contribution in [-0.2, 0) is 86.4 Å². The summed E-state index contributed by atoms with van der Waals surface area (Å²) in [5.41, 5.74) is 13.5. The van der Waals surface area contributed by atoms with Gasteiger partial charge < -0.3 is 94.8 Å². The Morgan fingerprint density at radius 3 is 1.79 bits per heavy atom.